The van der Waals surface area contributed by atoms with Gasteiger partial charge in [-0.1, -0.05) is 115 Å². The van der Waals surface area contributed by atoms with Crippen molar-refractivity contribution in [1.29, 1.82) is 0 Å². The zero-order valence-electron chi connectivity index (χ0n) is 25.9. The van der Waals surface area contributed by atoms with E-state index in [0.29, 0.717) is 0 Å². The molecular weight excluding hydrogens is 583 g/mol. The fraction of sp³-hybridized carbons (Fsp3) is 0. The summed E-state index contributed by atoms with van der Waals surface area (Å²) in [6.07, 6.45) is 0. The Morgan fingerprint density at radius 2 is 1.00 bits per heavy atom. The van der Waals surface area contributed by atoms with Gasteiger partial charge in [-0.15, -0.1) is 0 Å². The van der Waals surface area contributed by atoms with E-state index in [0.717, 1.165) is 22.5 Å². The van der Waals surface area contributed by atoms with E-state index in [1.165, 1.54) is 76.9 Å². The van der Waals surface area contributed by atoms with Crippen LogP contribution in [-0.4, -0.2) is 14.1 Å². The van der Waals surface area contributed by atoms with Gasteiger partial charge in [0.25, 0.3) is 0 Å². The smallest absolute Gasteiger partial charge is 0.138 e. The molecule has 0 aliphatic heterocycles. The van der Waals surface area contributed by atoms with E-state index >= 15 is 0 Å². The van der Waals surface area contributed by atoms with Crippen molar-refractivity contribution in [3.63, 3.8) is 0 Å². The van der Waals surface area contributed by atoms with E-state index in [1.54, 1.807) is 0 Å². The van der Waals surface area contributed by atoms with Crippen molar-refractivity contribution >= 4 is 54.4 Å². The molecule has 0 fully saturated rings. The average Bonchev–Trinajstić information content (AvgIpc) is 3.78. The van der Waals surface area contributed by atoms with Crippen LogP contribution in [0.4, 0.5) is 0 Å². The van der Waals surface area contributed by atoms with E-state index in [4.69, 9.17) is 4.98 Å². The van der Waals surface area contributed by atoms with Crippen molar-refractivity contribution in [3.8, 4) is 45.0 Å². The number of aromatic nitrogens is 3. The van der Waals surface area contributed by atoms with E-state index in [1.807, 2.05) is 0 Å². The van der Waals surface area contributed by atoms with Crippen molar-refractivity contribution in [2.24, 2.45) is 0 Å². The molecule has 3 heterocycles. The maximum absolute atomic E-state index is 5.39. The lowest BCUT2D eigenvalue weighted by molar-refractivity contribution is 1.09. The lowest BCUT2D eigenvalue weighted by Gasteiger charge is -2.11. The fourth-order valence-corrected chi connectivity index (χ4v) is 8.16. The minimum absolute atomic E-state index is 0.944. The van der Waals surface area contributed by atoms with Gasteiger partial charge in [-0.25, -0.2) is 4.98 Å². The van der Waals surface area contributed by atoms with Crippen LogP contribution in [0.25, 0.3) is 99.4 Å². The van der Waals surface area contributed by atoms with Gasteiger partial charge in [0.1, 0.15) is 5.82 Å². The number of hydrogen-bond donors (Lipinski definition) is 0. The Morgan fingerprint density at radius 1 is 0.375 bits per heavy atom. The second-order valence-electron chi connectivity index (χ2n) is 12.8. The van der Waals surface area contributed by atoms with Crippen molar-refractivity contribution in [2.45, 2.75) is 0 Å². The molecule has 3 heteroatoms. The average molecular weight is 610 g/mol. The molecule has 3 nitrogen and oxygen atoms in total. The summed E-state index contributed by atoms with van der Waals surface area (Å²) in [7, 11) is 0. The van der Waals surface area contributed by atoms with E-state index in [-0.39, 0.29) is 0 Å². The Kier molecular flexibility index (Phi) is 5.11. The number of benzene rings is 7. The Morgan fingerprint density at radius 3 is 1.85 bits per heavy atom. The summed E-state index contributed by atoms with van der Waals surface area (Å²) in [5.74, 6) is 0.944. The summed E-state index contributed by atoms with van der Waals surface area (Å²) in [4.78, 5) is 5.39. The summed E-state index contributed by atoms with van der Waals surface area (Å²) in [6, 6.07) is 59.4. The first-order chi connectivity index (χ1) is 23.8. The third-order valence-corrected chi connectivity index (χ3v) is 10.2. The minimum atomic E-state index is 0.944. The molecule has 7 aromatic carbocycles. The highest BCUT2D eigenvalue weighted by molar-refractivity contribution is 6.16. The highest BCUT2D eigenvalue weighted by atomic mass is 15.1. The zero-order valence-corrected chi connectivity index (χ0v) is 25.9. The van der Waals surface area contributed by atoms with Crippen molar-refractivity contribution in [3.05, 3.63) is 164 Å². The standard InChI is InChI=1S/C45H27N3/c1-2-12-31(13-3-1)47-39-19-8-6-15-33(39)35-23-21-29(26-42(35)47)28-22-24-41-38(25-28)34-16-7-9-20-40(34)48(41)43-27-30-11-10-18-36-32-14-4-5-17-37(32)45(46-43)44(30)36/h1-27H. The van der Waals surface area contributed by atoms with Crippen LogP contribution in [0.1, 0.15) is 0 Å². The molecule has 0 N–H and O–H groups in total. The van der Waals surface area contributed by atoms with Crippen LogP contribution in [0.2, 0.25) is 0 Å². The van der Waals surface area contributed by atoms with E-state index < -0.39 is 0 Å². The lowest BCUT2D eigenvalue weighted by atomic mass is 10.0. The highest BCUT2D eigenvalue weighted by Crippen LogP contribution is 2.47. The molecule has 0 bridgehead atoms. The summed E-state index contributed by atoms with van der Waals surface area (Å²) in [5, 5.41) is 7.43. The van der Waals surface area contributed by atoms with Crippen molar-refractivity contribution in [1.82, 2.24) is 14.1 Å². The first-order valence-corrected chi connectivity index (χ1v) is 16.5. The van der Waals surface area contributed by atoms with E-state index in [9.17, 15) is 0 Å². The Balaban J connectivity index is 1.14. The van der Waals surface area contributed by atoms with Gasteiger partial charge in [0.05, 0.1) is 27.8 Å². The largest absolute Gasteiger partial charge is 0.309 e. The van der Waals surface area contributed by atoms with Crippen molar-refractivity contribution in [2.75, 3.05) is 0 Å². The van der Waals surface area contributed by atoms with Gasteiger partial charge in [-0.05, 0) is 76.2 Å². The Labute approximate surface area is 276 Å². The molecule has 0 amide bonds. The number of para-hydroxylation sites is 3. The van der Waals surface area contributed by atoms with Crippen LogP contribution in [-0.2, 0) is 0 Å². The van der Waals surface area contributed by atoms with Gasteiger partial charge in [0.15, 0.2) is 0 Å². The molecule has 0 saturated carbocycles. The maximum atomic E-state index is 5.39. The summed E-state index contributed by atoms with van der Waals surface area (Å²) in [6.45, 7) is 0. The number of hydrogen-bond acceptors (Lipinski definition) is 1. The molecule has 10 aromatic rings. The van der Waals surface area contributed by atoms with Crippen molar-refractivity contribution < 1.29 is 0 Å². The van der Waals surface area contributed by atoms with Crippen LogP contribution in [0.3, 0.4) is 0 Å². The number of pyridine rings is 1. The maximum Gasteiger partial charge on any atom is 0.138 e. The molecule has 0 spiro atoms. The van der Waals surface area contributed by atoms with Gasteiger partial charge in [0, 0.05) is 38.2 Å². The van der Waals surface area contributed by atoms with Gasteiger partial charge < -0.3 is 4.57 Å². The molecular formula is C45H27N3. The monoisotopic (exact) mass is 609 g/mol. The van der Waals surface area contributed by atoms with Crippen LogP contribution >= 0.6 is 0 Å². The Bertz CT molecular complexity index is 2940. The molecule has 0 unspecified atom stereocenters. The third-order valence-electron chi connectivity index (χ3n) is 10.2. The number of rotatable bonds is 3. The molecule has 1 aliphatic rings. The summed E-state index contributed by atoms with van der Waals surface area (Å²) < 4.78 is 4.73. The van der Waals surface area contributed by atoms with Crippen LogP contribution in [0, 0.1) is 0 Å². The molecule has 48 heavy (non-hydrogen) atoms. The number of fused-ring (bicyclic) bond motifs is 9. The van der Waals surface area contributed by atoms with Crippen LogP contribution in [0.5, 0.6) is 0 Å². The molecule has 3 aromatic heterocycles. The fourth-order valence-electron chi connectivity index (χ4n) is 8.16. The second-order valence-corrected chi connectivity index (χ2v) is 12.8. The normalized spacial score (nSPS) is 12.2. The van der Waals surface area contributed by atoms with Gasteiger partial charge in [0.2, 0.25) is 0 Å². The Hall–Kier alpha value is -6.45. The van der Waals surface area contributed by atoms with Gasteiger partial charge in [-0.3, -0.25) is 4.57 Å². The van der Waals surface area contributed by atoms with Gasteiger partial charge >= 0.3 is 0 Å². The summed E-state index contributed by atoms with van der Waals surface area (Å²) in [5.41, 5.74) is 13.1. The number of nitrogens with zero attached hydrogens (tertiary/aromatic N) is 3. The second kappa shape index (κ2) is 9.54. The molecule has 0 saturated heterocycles. The first-order valence-electron chi connectivity index (χ1n) is 16.5. The molecule has 0 radical (unpaired) electrons. The topological polar surface area (TPSA) is 22.8 Å². The molecule has 222 valence electrons. The minimum Gasteiger partial charge on any atom is -0.309 e. The molecule has 0 atom stereocenters. The zero-order chi connectivity index (χ0) is 31.3. The molecule has 1 aliphatic carbocycles. The predicted octanol–water partition coefficient (Wildman–Crippen LogP) is 11.7. The summed E-state index contributed by atoms with van der Waals surface area (Å²) >= 11 is 0. The van der Waals surface area contributed by atoms with Crippen LogP contribution < -0.4 is 0 Å². The van der Waals surface area contributed by atoms with E-state index in [2.05, 4.69) is 173 Å². The highest BCUT2D eigenvalue weighted by Gasteiger charge is 2.24. The van der Waals surface area contributed by atoms with Gasteiger partial charge in [-0.2, -0.15) is 0 Å². The quantitative estimate of drug-likeness (QED) is 0.195. The first kappa shape index (κ1) is 25.7. The lowest BCUT2D eigenvalue weighted by Crippen LogP contribution is -1.98. The predicted molar refractivity (Wildman–Crippen MR) is 200 cm³/mol. The molecule has 11 rings (SSSR count). The third kappa shape index (κ3) is 3.45. The SMILES string of the molecule is c1ccc(-n2c3ccccc3c3ccc(-c4ccc5c(c4)c4ccccc4n5-c4cc5cccc6c5c(n4)-c4ccccc4-6)cc32)cc1. The van der Waals surface area contributed by atoms with Crippen LogP contribution in [0.15, 0.2) is 164 Å².